The fraction of sp³-hybridized carbons (Fsp3) is 0.250. The largest absolute Gasteiger partial charge is 0.360 e. The van der Waals surface area contributed by atoms with Gasteiger partial charge in [0.25, 0.3) is 5.91 Å². The highest BCUT2D eigenvalue weighted by molar-refractivity contribution is 6.04. The van der Waals surface area contributed by atoms with Gasteiger partial charge in [0.2, 0.25) is 0 Å². The van der Waals surface area contributed by atoms with Crippen LogP contribution in [0.3, 0.4) is 0 Å². The van der Waals surface area contributed by atoms with Gasteiger partial charge in [-0.25, -0.2) is 13.8 Å². The van der Waals surface area contributed by atoms with Crippen molar-refractivity contribution in [3.05, 3.63) is 89.6 Å². The van der Waals surface area contributed by atoms with Gasteiger partial charge in [-0.2, -0.15) is 0 Å². The monoisotopic (exact) mass is 424 g/mol. The molecule has 0 unspecified atom stereocenters. The number of hydrogen-bond donors (Lipinski definition) is 1. The standard InChI is InChI=1S/C24H26F2N4O/c1-29(17-18-5-3-6-21(26)15-18)13-4-14-30(2)23-16-22(11-12-27-23)28-24(31)19-7-9-20(25)10-8-19/h3,5-12,15-16H,4,13-14,17H2,1-2H3,(H,27,28,31). The van der Waals surface area contributed by atoms with Crippen LogP contribution >= 0.6 is 0 Å². The van der Waals surface area contributed by atoms with Gasteiger partial charge in [0, 0.05) is 43.7 Å². The van der Waals surface area contributed by atoms with Crippen LogP contribution in [0.2, 0.25) is 0 Å². The molecule has 0 aliphatic rings. The van der Waals surface area contributed by atoms with Crippen LogP contribution in [0.5, 0.6) is 0 Å². The number of amides is 1. The van der Waals surface area contributed by atoms with Crippen LogP contribution in [0.4, 0.5) is 20.3 Å². The second kappa shape index (κ2) is 10.6. The first-order valence-electron chi connectivity index (χ1n) is 10.1. The molecule has 1 N–H and O–H groups in total. The lowest BCUT2D eigenvalue weighted by atomic mass is 10.2. The summed E-state index contributed by atoms with van der Waals surface area (Å²) in [6.45, 7) is 2.31. The van der Waals surface area contributed by atoms with Crippen molar-refractivity contribution in [2.75, 3.05) is 37.4 Å². The Morgan fingerprint density at radius 1 is 0.968 bits per heavy atom. The van der Waals surface area contributed by atoms with Crippen LogP contribution in [-0.4, -0.2) is 43.0 Å². The molecule has 3 rings (SSSR count). The Balaban J connectivity index is 1.49. The van der Waals surface area contributed by atoms with Crippen molar-refractivity contribution < 1.29 is 13.6 Å². The Kier molecular flexibility index (Phi) is 7.67. The molecule has 1 amide bonds. The number of benzene rings is 2. The number of rotatable bonds is 9. The summed E-state index contributed by atoms with van der Waals surface area (Å²) in [6.07, 6.45) is 2.54. The van der Waals surface area contributed by atoms with Gasteiger partial charge < -0.3 is 15.1 Å². The lowest BCUT2D eigenvalue weighted by molar-refractivity contribution is 0.102. The molecule has 2 aromatic carbocycles. The maximum absolute atomic E-state index is 13.3. The molecular weight excluding hydrogens is 398 g/mol. The summed E-state index contributed by atoms with van der Waals surface area (Å²) in [7, 11) is 3.95. The maximum Gasteiger partial charge on any atom is 0.255 e. The van der Waals surface area contributed by atoms with Gasteiger partial charge >= 0.3 is 0 Å². The molecule has 3 aromatic rings. The highest BCUT2D eigenvalue weighted by atomic mass is 19.1. The molecule has 0 aliphatic heterocycles. The van der Waals surface area contributed by atoms with Crippen LogP contribution in [0.25, 0.3) is 0 Å². The number of carbonyl (C=O) groups excluding carboxylic acids is 1. The van der Waals surface area contributed by atoms with Crippen LogP contribution in [-0.2, 0) is 6.54 Å². The van der Waals surface area contributed by atoms with E-state index < -0.39 is 0 Å². The normalized spacial score (nSPS) is 10.9. The first kappa shape index (κ1) is 22.4. The number of nitrogens with one attached hydrogen (secondary N) is 1. The van der Waals surface area contributed by atoms with Gasteiger partial charge in [-0.1, -0.05) is 12.1 Å². The van der Waals surface area contributed by atoms with Crippen LogP contribution in [0, 0.1) is 11.6 Å². The third-order valence-electron chi connectivity index (χ3n) is 4.88. The molecule has 0 atom stereocenters. The van der Waals surface area contributed by atoms with Gasteiger partial charge in [-0.05, 0) is 68.0 Å². The number of aromatic nitrogens is 1. The Bertz CT molecular complexity index is 1010. The van der Waals surface area contributed by atoms with Crippen LogP contribution in [0.15, 0.2) is 66.9 Å². The van der Waals surface area contributed by atoms with E-state index in [2.05, 4.69) is 15.2 Å². The number of carbonyl (C=O) groups is 1. The highest BCUT2D eigenvalue weighted by Gasteiger charge is 2.09. The molecule has 0 radical (unpaired) electrons. The average molecular weight is 424 g/mol. The van der Waals surface area contributed by atoms with E-state index in [-0.39, 0.29) is 17.5 Å². The smallest absolute Gasteiger partial charge is 0.255 e. The summed E-state index contributed by atoms with van der Waals surface area (Å²) < 4.78 is 26.3. The lowest BCUT2D eigenvalue weighted by Gasteiger charge is -2.21. The van der Waals surface area contributed by atoms with Crippen molar-refractivity contribution in [1.29, 1.82) is 0 Å². The predicted octanol–water partition coefficient (Wildman–Crippen LogP) is 4.57. The van der Waals surface area contributed by atoms with Gasteiger partial charge in [0.15, 0.2) is 0 Å². The molecular formula is C24H26F2N4O. The molecule has 0 bridgehead atoms. The zero-order valence-electron chi connectivity index (χ0n) is 17.7. The zero-order valence-corrected chi connectivity index (χ0v) is 17.7. The first-order valence-corrected chi connectivity index (χ1v) is 10.1. The van der Waals surface area contributed by atoms with Crippen molar-refractivity contribution in [2.24, 2.45) is 0 Å². The van der Waals surface area contributed by atoms with E-state index in [0.717, 1.165) is 30.9 Å². The Morgan fingerprint density at radius 3 is 2.48 bits per heavy atom. The zero-order chi connectivity index (χ0) is 22.2. The summed E-state index contributed by atoms with van der Waals surface area (Å²) in [5.74, 6) is -0.169. The molecule has 1 aromatic heterocycles. The highest BCUT2D eigenvalue weighted by Crippen LogP contribution is 2.17. The molecule has 0 spiro atoms. The Morgan fingerprint density at radius 2 is 1.74 bits per heavy atom. The van der Waals surface area contributed by atoms with E-state index in [1.165, 1.54) is 30.3 Å². The van der Waals surface area contributed by atoms with E-state index in [1.54, 1.807) is 30.5 Å². The van der Waals surface area contributed by atoms with Crippen molar-refractivity contribution in [1.82, 2.24) is 9.88 Å². The second-order valence-electron chi connectivity index (χ2n) is 7.51. The Hall–Kier alpha value is -3.32. The summed E-state index contributed by atoms with van der Waals surface area (Å²) in [5, 5.41) is 2.81. The van der Waals surface area contributed by atoms with Crippen molar-refractivity contribution in [3.63, 3.8) is 0 Å². The number of halogens is 2. The van der Waals surface area contributed by atoms with Gasteiger partial charge in [0.05, 0.1) is 0 Å². The average Bonchev–Trinajstić information content (AvgIpc) is 2.74. The fourth-order valence-electron chi connectivity index (χ4n) is 3.23. The topological polar surface area (TPSA) is 48.5 Å². The van der Waals surface area contributed by atoms with Gasteiger partial charge in [-0.15, -0.1) is 0 Å². The second-order valence-corrected chi connectivity index (χ2v) is 7.51. The lowest BCUT2D eigenvalue weighted by Crippen LogP contribution is -2.26. The van der Waals surface area contributed by atoms with E-state index >= 15 is 0 Å². The number of hydrogen-bond acceptors (Lipinski definition) is 4. The molecule has 7 heteroatoms. The molecule has 0 saturated carbocycles. The summed E-state index contributed by atoms with van der Waals surface area (Å²) in [6, 6.07) is 15.6. The summed E-state index contributed by atoms with van der Waals surface area (Å²) in [5.41, 5.74) is 1.95. The van der Waals surface area contributed by atoms with Crippen LogP contribution in [0.1, 0.15) is 22.3 Å². The minimum atomic E-state index is -0.383. The number of nitrogens with zero attached hydrogens (tertiary/aromatic N) is 3. The summed E-state index contributed by atoms with van der Waals surface area (Å²) in [4.78, 5) is 20.9. The third kappa shape index (κ3) is 6.86. The van der Waals surface area contributed by atoms with E-state index in [1.807, 2.05) is 25.1 Å². The van der Waals surface area contributed by atoms with Gasteiger partial charge in [0.1, 0.15) is 17.5 Å². The molecule has 1 heterocycles. The van der Waals surface area contributed by atoms with Crippen LogP contribution < -0.4 is 10.2 Å². The molecule has 0 aliphatic carbocycles. The van der Waals surface area contributed by atoms with Crippen molar-refractivity contribution >= 4 is 17.4 Å². The maximum atomic E-state index is 13.3. The first-order chi connectivity index (χ1) is 14.9. The number of pyridine rings is 1. The molecule has 0 fully saturated rings. The predicted molar refractivity (Wildman–Crippen MR) is 119 cm³/mol. The Labute approximate surface area is 181 Å². The van der Waals surface area contributed by atoms with Crippen molar-refractivity contribution in [2.45, 2.75) is 13.0 Å². The molecule has 0 saturated heterocycles. The van der Waals surface area contributed by atoms with E-state index in [4.69, 9.17) is 0 Å². The minimum absolute atomic E-state index is 0.219. The van der Waals surface area contributed by atoms with Crippen molar-refractivity contribution in [3.8, 4) is 0 Å². The quantitative estimate of drug-likeness (QED) is 0.547. The SMILES string of the molecule is CN(CCCN(C)c1cc(NC(=O)c2ccc(F)cc2)ccn1)Cc1cccc(F)c1. The minimum Gasteiger partial charge on any atom is -0.360 e. The van der Waals surface area contributed by atoms with E-state index in [9.17, 15) is 13.6 Å². The molecule has 31 heavy (non-hydrogen) atoms. The third-order valence-corrected chi connectivity index (χ3v) is 4.88. The number of anilines is 2. The van der Waals surface area contributed by atoms with E-state index in [0.29, 0.717) is 17.8 Å². The summed E-state index contributed by atoms with van der Waals surface area (Å²) >= 11 is 0. The fourth-order valence-corrected chi connectivity index (χ4v) is 3.23. The molecule has 5 nitrogen and oxygen atoms in total. The van der Waals surface area contributed by atoms with Gasteiger partial charge in [-0.3, -0.25) is 4.79 Å². The molecule has 162 valence electrons.